The van der Waals surface area contributed by atoms with E-state index in [0.29, 0.717) is 5.92 Å². The Morgan fingerprint density at radius 2 is 2.00 bits per heavy atom. The minimum absolute atomic E-state index is 0.151. The molecule has 0 aromatic heterocycles. The second-order valence-electron chi connectivity index (χ2n) is 5.25. The third kappa shape index (κ3) is 2.73. The van der Waals surface area contributed by atoms with E-state index in [2.05, 4.69) is 20.8 Å². The highest BCUT2D eigenvalue weighted by atomic mass is 14.8. The zero-order valence-corrected chi connectivity index (χ0v) is 10.2. The Labute approximate surface area is 89.5 Å². The smallest absolute Gasteiger partial charge is 0.0180 e. The van der Waals surface area contributed by atoms with E-state index in [1.807, 2.05) is 0 Å². The minimum Gasteiger partial charge on any atom is -0.325 e. The van der Waals surface area contributed by atoms with Crippen molar-refractivity contribution >= 4 is 0 Å². The average Bonchev–Trinajstić information content (AvgIpc) is 2.40. The maximum Gasteiger partial charge on any atom is 0.0180 e. The molecule has 1 aliphatic carbocycles. The summed E-state index contributed by atoms with van der Waals surface area (Å²) in [4.78, 5) is 0. The van der Waals surface area contributed by atoms with E-state index in [9.17, 15) is 0 Å². The van der Waals surface area contributed by atoms with Crippen molar-refractivity contribution in [2.24, 2.45) is 17.6 Å². The summed E-state index contributed by atoms with van der Waals surface area (Å²) in [7, 11) is 0. The molecule has 0 bridgehead atoms. The Balaban J connectivity index is 2.55. The fourth-order valence-electron chi connectivity index (χ4n) is 2.77. The molecular weight excluding hydrogens is 170 g/mol. The molecule has 0 aliphatic heterocycles. The molecule has 1 aliphatic rings. The minimum atomic E-state index is 0.151. The number of hydrogen-bond donors (Lipinski definition) is 1. The van der Waals surface area contributed by atoms with Crippen molar-refractivity contribution < 1.29 is 0 Å². The predicted octanol–water partition coefficient (Wildman–Crippen LogP) is 3.72. The Bertz CT molecular complexity index is 167. The second-order valence-corrected chi connectivity index (χ2v) is 5.25. The van der Waals surface area contributed by atoms with E-state index in [1.165, 1.54) is 44.9 Å². The van der Waals surface area contributed by atoms with Crippen molar-refractivity contribution in [3.63, 3.8) is 0 Å². The van der Waals surface area contributed by atoms with Gasteiger partial charge in [0.05, 0.1) is 0 Å². The molecule has 1 nitrogen and oxygen atoms in total. The molecule has 3 unspecified atom stereocenters. The summed E-state index contributed by atoms with van der Waals surface area (Å²) in [6.07, 6.45) is 9.19. The van der Waals surface area contributed by atoms with Crippen molar-refractivity contribution in [3.05, 3.63) is 0 Å². The molecule has 1 rings (SSSR count). The lowest BCUT2D eigenvalue weighted by Crippen LogP contribution is -2.45. The van der Waals surface area contributed by atoms with Crippen LogP contribution in [-0.2, 0) is 0 Å². The molecule has 0 spiro atoms. The van der Waals surface area contributed by atoms with Crippen molar-refractivity contribution in [3.8, 4) is 0 Å². The van der Waals surface area contributed by atoms with Crippen molar-refractivity contribution in [1.29, 1.82) is 0 Å². The van der Waals surface area contributed by atoms with E-state index in [1.54, 1.807) is 0 Å². The van der Waals surface area contributed by atoms with Gasteiger partial charge in [0.2, 0.25) is 0 Å². The van der Waals surface area contributed by atoms with Crippen LogP contribution in [0.2, 0.25) is 0 Å². The first kappa shape index (κ1) is 12.0. The first-order valence-electron chi connectivity index (χ1n) is 6.41. The van der Waals surface area contributed by atoms with E-state index in [0.717, 1.165) is 5.92 Å². The Morgan fingerprint density at radius 3 is 2.57 bits per heavy atom. The quantitative estimate of drug-likeness (QED) is 0.686. The summed E-state index contributed by atoms with van der Waals surface area (Å²) in [5, 5.41) is 0. The van der Waals surface area contributed by atoms with Crippen LogP contribution in [0.25, 0.3) is 0 Å². The Kier molecular flexibility index (Phi) is 4.43. The monoisotopic (exact) mass is 197 g/mol. The SMILES string of the molecule is CCC1CCCC(N)(C(C)CC)CC1. The number of rotatable bonds is 3. The van der Waals surface area contributed by atoms with Gasteiger partial charge in [-0.2, -0.15) is 0 Å². The van der Waals surface area contributed by atoms with Crippen molar-refractivity contribution in [2.45, 2.75) is 71.3 Å². The molecule has 0 amide bonds. The lowest BCUT2D eigenvalue weighted by Gasteiger charge is -2.34. The van der Waals surface area contributed by atoms with E-state index in [-0.39, 0.29) is 5.54 Å². The predicted molar refractivity (Wildman–Crippen MR) is 63.2 cm³/mol. The summed E-state index contributed by atoms with van der Waals surface area (Å²) >= 11 is 0. The Morgan fingerprint density at radius 1 is 1.29 bits per heavy atom. The Hall–Kier alpha value is -0.0400. The molecular formula is C13H27N. The summed E-state index contributed by atoms with van der Waals surface area (Å²) < 4.78 is 0. The molecule has 0 aromatic rings. The highest BCUT2D eigenvalue weighted by Gasteiger charge is 2.32. The summed E-state index contributed by atoms with van der Waals surface area (Å²) in [6, 6.07) is 0. The van der Waals surface area contributed by atoms with Gasteiger partial charge in [0.15, 0.2) is 0 Å². The maximum atomic E-state index is 6.53. The van der Waals surface area contributed by atoms with Crippen LogP contribution in [0, 0.1) is 11.8 Å². The molecule has 0 aromatic carbocycles. The third-order valence-electron chi connectivity index (χ3n) is 4.44. The zero-order valence-electron chi connectivity index (χ0n) is 10.2. The van der Waals surface area contributed by atoms with Gasteiger partial charge in [0.1, 0.15) is 0 Å². The first-order chi connectivity index (χ1) is 6.62. The average molecular weight is 197 g/mol. The van der Waals surface area contributed by atoms with Gasteiger partial charge >= 0.3 is 0 Å². The summed E-state index contributed by atoms with van der Waals surface area (Å²) in [6.45, 7) is 6.91. The summed E-state index contributed by atoms with van der Waals surface area (Å²) in [5.74, 6) is 1.64. The van der Waals surface area contributed by atoms with Gasteiger partial charge < -0.3 is 5.73 Å². The summed E-state index contributed by atoms with van der Waals surface area (Å²) in [5.41, 5.74) is 6.68. The van der Waals surface area contributed by atoms with Crippen LogP contribution in [0.15, 0.2) is 0 Å². The van der Waals surface area contributed by atoms with E-state index < -0.39 is 0 Å². The van der Waals surface area contributed by atoms with E-state index in [4.69, 9.17) is 5.73 Å². The molecule has 3 atom stereocenters. The molecule has 0 heterocycles. The lowest BCUT2D eigenvalue weighted by atomic mass is 9.78. The molecule has 2 N–H and O–H groups in total. The van der Waals surface area contributed by atoms with Crippen molar-refractivity contribution in [2.75, 3.05) is 0 Å². The molecule has 84 valence electrons. The van der Waals surface area contributed by atoms with Crippen LogP contribution in [0.1, 0.15) is 65.7 Å². The molecule has 14 heavy (non-hydrogen) atoms. The number of hydrogen-bond acceptors (Lipinski definition) is 1. The van der Waals surface area contributed by atoms with Gasteiger partial charge in [-0.05, 0) is 31.1 Å². The van der Waals surface area contributed by atoms with Crippen molar-refractivity contribution in [1.82, 2.24) is 0 Å². The standard InChI is InChI=1S/C13H27N/c1-4-11(3)13(14)9-6-7-12(5-2)8-10-13/h11-12H,4-10,14H2,1-3H3. The maximum absolute atomic E-state index is 6.53. The van der Waals surface area contributed by atoms with Crippen LogP contribution < -0.4 is 5.73 Å². The van der Waals surface area contributed by atoms with Gasteiger partial charge in [-0.3, -0.25) is 0 Å². The highest BCUT2D eigenvalue weighted by Crippen LogP contribution is 2.35. The number of nitrogens with two attached hydrogens (primary N) is 1. The van der Waals surface area contributed by atoms with Gasteiger partial charge in [0, 0.05) is 5.54 Å². The van der Waals surface area contributed by atoms with Gasteiger partial charge in [-0.1, -0.05) is 46.5 Å². The second kappa shape index (κ2) is 5.16. The van der Waals surface area contributed by atoms with Crippen LogP contribution in [0.5, 0.6) is 0 Å². The molecule has 0 radical (unpaired) electrons. The van der Waals surface area contributed by atoms with Gasteiger partial charge in [-0.25, -0.2) is 0 Å². The lowest BCUT2D eigenvalue weighted by molar-refractivity contribution is 0.245. The van der Waals surface area contributed by atoms with Crippen LogP contribution in [0.4, 0.5) is 0 Å². The molecule has 1 heteroatoms. The highest BCUT2D eigenvalue weighted by molar-refractivity contribution is 4.91. The molecule has 0 saturated heterocycles. The topological polar surface area (TPSA) is 26.0 Å². The van der Waals surface area contributed by atoms with Crippen LogP contribution in [-0.4, -0.2) is 5.54 Å². The normalized spacial score (nSPS) is 36.4. The third-order valence-corrected chi connectivity index (χ3v) is 4.44. The zero-order chi connectivity index (χ0) is 10.6. The first-order valence-corrected chi connectivity index (χ1v) is 6.41. The van der Waals surface area contributed by atoms with Crippen LogP contribution >= 0.6 is 0 Å². The fourth-order valence-corrected chi connectivity index (χ4v) is 2.77. The molecule has 1 saturated carbocycles. The van der Waals surface area contributed by atoms with E-state index >= 15 is 0 Å². The van der Waals surface area contributed by atoms with Crippen LogP contribution in [0.3, 0.4) is 0 Å². The molecule has 1 fully saturated rings. The fraction of sp³-hybridized carbons (Fsp3) is 1.00. The van der Waals surface area contributed by atoms with Gasteiger partial charge in [0.25, 0.3) is 0 Å². The largest absolute Gasteiger partial charge is 0.325 e. The van der Waals surface area contributed by atoms with Gasteiger partial charge in [-0.15, -0.1) is 0 Å².